The molecule has 4 heteroatoms. The second-order valence-electron chi connectivity index (χ2n) is 5.12. The van der Waals surface area contributed by atoms with E-state index in [1.54, 1.807) is 7.11 Å². The molecule has 4 nitrogen and oxygen atoms in total. The van der Waals surface area contributed by atoms with Crippen molar-refractivity contribution in [2.75, 3.05) is 26.9 Å². The topological polar surface area (TPSA) is 39.7 Å². The first-order chi connectivity index (χ1) is 9.83. The minimum atomic E-state index is 0.136. The van der Waals surface area contributed by atoms with E-state index >= 15 is 0 Å². The number of rotatable bonds is 7. The zero-order valence-corrected chi connectivity index (χ0v) is 12.5. The van der Waals surface area contributed by atoms with E-state index in [-0.39, 0.29) is 6.10 Å². The van der Waals surface area contributed by atoms with Crippen LogP contribution in [0.3, 0.4) is 0 Å². The Morgan fingerprint density at radius 1 is 1.35 bits per heavy atom. The summed E-state index contributed by atoms with van der Waals surface area (Å²) >= 11 is 0. The van der Waals surface area contributed by atoms with Crippen LogP contribution >= 0.6 is 0 Å². The fraction of sp³-hybridized carbons (Fsp3) is 0.625. The molecule has 0 aromatic heterocycles. The van der Waals surface area contributed by atoms with Crippen LogP contribution in [0.25, 0.3) is 0 Å². The van der Waals surface area contributed by atoms with E-state index in [0.29, 0.717) is 6.61 Å². The van der Waals surface area contributed by atoms with Crippen LogP contribution in [0.1, 0.15) is 31.7 Å². The number of methoxy groups -OCH3 is 1. The minimum Gasteiger partial charge on any atom is -0.493 e. The van der Waals surface area contributed by atoms with Gasteiger partial charge in [0, 0.05) is 13.2 Å². The maximum atomic E-state index is 6.05. The maximum absolute atomic E-state index is 6.05. The van der Waals surface area contributed by atoms with Crippen molar-refractivity contribution in [3.63, 3.8) is 0 Å². The van der Waals surface area contributed by atoms with Gasteiger partial charge in [-0.1, -0.05) is 13.0 Å². The lowest BCUT2D eigenvalue weighted by atomic mass is 10.1. The molecule has 1 aliphatic heterocycles. The lowest BCUT2D eigenvalue weighted by Crippen LogP contribution is -2.28. The third-order valence-corrected chi connectivity index (χ3v) is 3.40. The van der Waals surface area contributed by atoms with Crippen molar-refractivity contribution in [2.24, 2.45) is 0 Å². The van der Waals surface area contributed by atoms with Crippen LogP contribution in [0.4, 0.5) is 0 Å². The zero-order valence-electron chi connectivity index (χ0n) is 12.5. The Balaban J connectivity index is 2.01. The van der Waals surface area contributed by atoms with E-state index in [1.807, 2.05) is 6.07 Å². The van der Waals surface area contributed by atoms with Crippen molar-refractivity contribution in [3.8, 4) is 11.5 Å². The standard InChI is InChI=1S/C16H25NO3/c1-3-8-17-11-13-6-7-15(18-2)16(10-13)20-14-5-4-9-19-12-14/h6-7,10,14,17H,3-5,8-9,11-12H2,1-2H3. The normalized spacial score (nSPS) is 18.8. The summed E-state index contributed by atoms with van der Waals surface area (Å²) in [7, 11) is 1.68. The van der Waals surface area contributed by atoms with Gasteiger partial charge in [0.15, 0.2) is 11.5 Å². The van der Waals surface area contributed by atoms with Crippen molar-refractivity contribution in [1.82, 2.24) is 5.32 Å². The first-order valence-electron chi connectivity index (χ1n) is 7.45. The quantitative estimate of drug-likeness (QED) is 0.779. The average molecular weight is 279 g/mol. The van der Waals surface area contributed by atoms with Gasteiger partial charge in [-0.05, 0) is 43.5 Å². The highest BCUT2D eigenvalue weighted by molar-refractivity contribution is 5.43. The Morgan fingerprint density at radius 2 is 2.25 bits per heavy atom. The van der Waals surface area contributed by atoms with E-state index in [1.165, 1.54) is 5.56 Å². The van der Waals surface area contributed by atoms with Gasteiger partial charge < -0.3 is 19.5 Å². The number of benzene rings is 1. The van der Waals surface area contributed by atoms with Gasteiger partial charge in [-0.3, -0.25) is 0 Å². The first-order valence-corrected chi connectivity index (χ1v) is 7.45. The third-order valence-electron chi connectivity index (χ3n) is 3.40. The van der Waals surface area contributed by atoms with Gasteiger partial charge in [0.25, 0.3) is 0 Å². The van der Waals surface area contributed by atoms with E-state index in [9.17, 15) is 0 Å². The van der Waals surface area contributed by atoms with Crippen LogP contribution in [-0.4, -0.2) is 33.0 Å². The summed E-state index contributed by atoms with van der Waals surface area (Å²) < 4.78 is 16.9. The van der Waals surface area contributed by atoms with E-state index in [4.69, 9.17) is 14.2 Å². The van der Waals surface area contributed by atoms with Crippen LogP contribution in [0.15, 0.2) is 18.2 Å². The average Bonchev–Trinajstić information content (AvgIpc) is 2.49. The summed E-state index contributed by atoms with van der Waals surface area (Å²) in [4.78, 5) is 0. The molecule has 112 valence electrons. The molecular formula is C16H25NO3. The number of nitrogens with one attached hydrogen (secondary N) is 1. The van der Waals surface area contributed by atoms with Gasteiger partial charge in [0.1, 0.15) is 6.10 Å². The van der Waals surface area contributed by atoms with Crippen molar-refractivity contribution in [2.45, 2.75) is 38.8 Å². The second-order valence-corrected chi connectivity index (χ2v) is 5.12. The van der Waals surface area contributed by atoms with Crippen molar-refractivity contribution in [1.29, 1.82) is 0 Å². The molecule has 1 aliphatic rings. The highest BCUT2D eigenvalue weighted by Crippen LogP contribution is 2.30. The fourth-order valence-corrected chi connectivity index (χ4v) is 2.32. The molecule has 0 radical (unpaired) electrons. The molecule has 1 atom stereocenters. The maximum Gasteiger partial charge on any atom is 0.162 e. The number of hydrogen-bond acceptors (Lipinski definition) is 4. The predicted octanol–water partition coefficient (Wildman–Crippen LogP) is 2.75. The Kier molecular flexibility index (Phi) is 6.15. The molecule has 1 fully saturated rings. The summed E-state index contributed by atoms with van der Waals surface area (Å²) in [5.74, 6) is 1.61. The molecule has 0 aliphatic carbocycles. The number of hydrogen-bond donors (Lipinski definition) is 1. The summed E-state index contributed by atoms with van der Waals surface area (Å²) in [6, 6.07) is 6.11. The molecule has 0 saturated carbocycles. The Hall–Kier alpha value is -1.26. The van der Waals surface area contributed by atoms with Gasteiger partial charge in [-0.25, -0.2) is 0 Å². The highest BCUT2D eigenvalue weighted by Gasteiger charge is 2.17. The molecule has 1 aromatic carbocycles. The highest BCUT2D eigenvalue weighted by atomic mass is 16.5. The van der Waals surface area contributed by atoms with Crippen LogP contribution in [0.5, 0.6) is 11.5 Å². The monoisotopic (exact) mass is 279 g/mol. The lowest BCUT2D eigenvalue weighted by Gasteiger charge is -2.24. The van der Waals surface area contributed by atoms with Crippen LogP contribution in [-0.2, 0) is 11.3 Å². The van der Waals surface area contributed by atoms with Crippen molar-refractivity contribution in [3.05, 3.63) is 23.8 Å². The third kappa shape index (κ3) is 4.39. The lowest BCUT2D eigenvalue weighted by molar-refractivity contribution is 0.00641. The van der Waals surface area contributed by atoms with Gasteiger partial charge in [-0.2, -0.15) is 0 Å². The molecule has 1 aromatic rings. The van der Waals surface area contributed by atoms with Crippen LogP contribution in [0, 0.1) is 0 Å². The van der Waals surface area contributed by atoms with Gasteiger partial charge in [0.2, 0.25) is 0 Å². The van der Waals surface area contributed by atoms with Crippen molar-refractivity contribution < 1.29 is 14.2 Å². The van der Waals surface area contributed by atoms with Crippen LogP contribution < -0.4 is 14.8 Å². The van der Waals surface area contributed by atoms with Crippen LogP contribution in [0.2, 0.25) is 0 Å². The molecule has 0 amide bonds. The summed E-state index contributed by atoms with van der Waals surface area (Å²) in [6.07, 6.45) is 3.38. The minimum absolute atomic E-state index is 0.136. The molecule has 1 N–H and O–H groups in total. The fourth-order valence-electron chi connectivity index (χ4n) is 2.32. The largest absolute Gasteiger partial charge is 0.493 e. The predicted molar refractivity (Wildman–Crippen MR) is 79.5 cm³/mol. The summed E-state index contributed by atoms with van der Waals surface area (Å²) in [6.45, 7) is 5.56. The summed E-state index contributed by atoms with van der Waals surface area (Å²) in [5, 5.41) is 3.40. The van der Waals surface area contributed by atoms with E-state index in [2.05, 4.69) is 24.4 Å². The molecular weight excluding hydrogens is 254 g/mol. The van der Waals surface area contributed by atoms with Crippen molar-refractivity contribution >= 4 is 0 Å². The number of ether oxygens (including phenoxy) is 3. The Labute approximate surface area is 121 Å². The van der Waals surface area contributed by atoms with Gasteiger partial charge in [-0.15, -0.1) is 0 Å². The molecule has 1 unspecified atom stereocenters. The first kappa shape index (κ1) is 15.1. The van der Waals surface area contributed by atoms with Gasteiger partial charge >= 0.3 is 0 Å². The molecule has 1 heterocycles. The van der Waals surface area contributed by atoms with E-state index < -0.39 is 0 Å². The molecule has 0 spiro atoms. The van der Waals surface area contributed by atoms with E-state index in [0.717, 1.165) is 50.5 Å². The molecule has 1 saturated heterocycles. The zero-order chi connectivity index (χ0) is 14.2. The SMILES string of the molecule is CCCNCc1ccc(OC)c(OC2CCCOC2)c1. The molecule has 0 bridgehead atoms. The molecule has 2 rings (SSSR count). The molecule has 20 heavy (non-hydrogen) atoms. The Morgan fingerprint density at radius 3 is 2.95 bits per heavy atom. The second kappa shape index (κ2) is 8.12. The summed E-state index contributed by atoms with van der Waals surface area (Å²) in [5.41, 5.74) is 1.21. The Bertz CT molecular complexity index is 403. The smallest absolute Gasteiger partial charge is 0.162 e. The van der Waals surface area contributed by atoms with Gasteiger partial charge in [0.05, 0.1) is 13.7 Å².